The van der Waals surface area contributed by atoms with Gasteiger partial charge in [0.05, 0.1) is 11.0 Å². The fraction of sp³-hybridized carbons (Fsp3) is 0.130. The highest BCUT2D eigenvalue weighted by molar-refractivity contribution is 6.10. The number of aromatic nitrogens is 1. The van der Waals surface area contributed by atoms with Crippen molar-refractivity contribution in [2.75, 3.05) is 4.90 Å². The molecule has 48 heavy (non-hydrogen) atoms. The number of para-hydroxylation sites is 3. The summed E-state index contributed by atoms with van der Waals surface area (Å²) < 4.78 is 2.38. The molecule has 2 aliphatic rings. The van der Waals surface area contributed by atoms with E-state index in [-0.39, 0.29) is 11.5 Å². The molecular weight excluding hydrogens is 581 g/mol. The quantitative estimate of drug-likeness (QED) is 0.191. The molecule has 1 aliphatic carbocycles. The first-order chi connectivity index (χ1) is 23.5. The van der Waals surface area contributed by atoms with Crippen molar-refractivity contribution in [3.8, 4) is 16.8 Å². The Balaban J connectivity index is 1.14. The van der Waals surface area contributed by atoms with Crippen molar-refractivity contribution in [2.45, 2.75) is 38.6 Å². The Hall–Kier alpha value is -5.60. The Kier molecular flexibility index (Phi) is 6.55. The molecule has 0 spiro atoms. The van der Waals surface area contributed by atoms with Crippen LogP contribution in [0.25, 0.3) is 44.2 Å². The summed E-state index contributed by atoms with van der Waals surface area (Å²) in [5.41, 5.74) is 15.4. The average molecular weight is 619 g/mol. The molecule has 6 aromatic carbocycles. The normalized spacial score (nSPS) is 18.3. The second-order valence-electron chi connectivity index (χ2n) is 13.8. The summed E-state index contributed by atoms with van der Waals surface area (Å²) in [6, 6.07) is 51.5. The van der Waals surface area contributed by atoms with Crippen LogP contribution >= 0.6 is 0 Å². The van der Waals surface area contributed by atoms with Crippen LogP contribution in [0.2, 0.25) is 0 Å². The molecular formula is C46H38N2. The van der Waals surface area contributed by atoms with Crippen molar-refractivity contribution < 1.29 is 0 Å². The largest absolute Gasteiger partial charge is 0.335 e. The maximum Gasteiger partial charge on any atom is 0.0541 e. The summed E-state index contributed by atoms with van der Waals surface area (Å²) in [6.07, 6.45) is 7.98. The van der Waals surface area contributed by atoms with E-state index in [2.05, 4.69) is 188 Å². The highest BCUT2D eigenvalue weighted by Gasteiger charge is 2.36. The highest BCUT2D eigenvalue weighted by atomic mass is 15.2. The maximum atomic E-state index is 2.53. The average Bonchev–Trinajstić information content (AvgIpc) is 3.59. The van der Waals surface area contributed by atoms with Crippen molar-refractivity contribution in [1.82, 2.24) is 4.57 Å². The summed E-state index contributed by atoms with van der Waals surface area (Å²) in [6.45, 7) is 7.04. The van der Waals surface area contributed by atoms with Gasteiger partial charge >= 0.3 is 0 Å². The zero-order valence-corrected chi connectivity index (χ0v) is 27.7. The minimum absolute atomic E-state index is 0.0445. The van der Waals surface area contributed by atoms with Crippen LogP contribution in [0.4, 0.5) is 11.4 Å². The number of rotatable bonds is 3. The lowest BCUT2D eigenvalue weighted by Gasteiger charge is -2.32. The lowest BCUT2D eigenvalue weighted by molar-refractivity contribution is 0.660. The van der Waals surface area contributed by atoms with Gasteiger partial charge in [-0.25, -0.2) is 0 Å². The molecule has 0 fully saturated rings. The molecule has 1 unspecified atom stereocenters. The highest BCUT2D eigenvalue weighted by Crippen LogP contribution is 2.50. The summed E-state index contributed by atoms with van der Waals surface area (Å²) in [5, 5.41) is 2.55. The first kappa shape index (κ1) is 28.6. The first-order valence-corrected chi connectivity index (χ1v) is 17.1. The van der Waals surface area contributed by atoms with Gasteiger partial charge in [0, 0.05) is 39.3 Å². The van der Waals surface area contributed by atoms with E-state index in [1.807, 2.05) is 0 Å². The number of fused-ring (bicyclic) bond motifs is 7. The zero-order chi connectivity index (χ0) is 32.4. The van der Waals surface area contributed by atoms with Crippen molar-refractivity contribution in [2.24, 2.45) is 0 Å². The van der Waals surface area contributed by atoms with Crippen LogP contribution in [0, 0.1) is 0 Å². The third kappa shape index (κ3) is 4.40. The summed E-state index contributed by atoms with van der Waals surface area (Å²) in [7, 11) is 0. The second kappa shape index (κ2) is 11.0. The van der Waals surface area contributed by atoms with Crippen molar-refractivity contribution in [1.29, 1.82) is 0 Å². The van der Waals surface area contributed by atoms with Gasteiger partial charge in [-0.05, 0) is 101 Å². The Bertz CT molecular complexity index is 2420. The van der Waals surface area contributed by atoms with E-state index >= 15 is 0 Å². The molecule has 1 aliphatic heterocycles. The SMILES string of the molecule is CC1/C=C\C(c2ccc3c(c2)c2ccccc2n3-c2ccccc2)=C/Cc2ccccc2N1c1ccc2c(c1)C(C)(C)c1ccccc1-2. The van der Waals surface area contributed by atoms with Gasteiger partial charge in [0.15, 0.2) is 0 Å². The van der Waals surface area contributed by atoms with Gasteiger partial charge in [0.25, 0.3) is 0 Å². The molecule has 2 heteroatoms. The summed E-state index contributed by atoms with van der Waals surface area (Å²) >= 11 is 0. The first-order valence-electron chi connectivity index (χ1n) is 17.1. The topological polar surface area (TPSA) is 8.17 Å². The number of anilines is 2. The van der Waals surface area contributed by atoms with E-state index in [1.165, 1.54) is 77.8 Å². The zero-order valence-electron chi connectivity index (χ0n) is 27.7. The molecule has 9 rings (SSSR count). The Morgan fingerprint density at radius 2 is 1.33 bits per heavy atom. The van der Waals surface area contributed by atoms with Gasteiger partial charge in [-0.2, -0.15) is 0 Å². The third-order valence-corrected chi connectivity index (χ3v) is 10.6. The molecule has 0 amide bonds. The molecule has 0 N–H and O–H groups in total. The van der Waals surface area contributed by atoms with Crippen LogP contribution in [-0.4, -0.2) is 10.6 Å². The summed E-state index contributed by atoms with van der Waals surface area (Å²) in [4.78, 5) is 2.53. The van der Waals surface area contributed by atoms with Crippen LogP contribution < -0.4 is 4.90 Å². The molecule has 7 aromatic rings. The smallest absolute Gasteiger partial charge is 0.0541 e. The predicted octanol–water partition coefficient (Wildman–Crippen LogP) is 11.8. The van der Waals surface area contributed by atoms with Crippen LogP contribution in [0.15, 0.2) is 158 Å². The predicted molar refractivity (Wildman–Crippen MR) is 204 cm³/mol. The molecule has 0 saturated carbocycles. The van der Waals surface area contributed by atoms with E-state index in [9.17, 15) is 0 Å². The van der Waals surface area contributed by atoms with E-state index in [0.29, 0.717) is 0 Å². The molecule has 0 saturated heterocycles. The molecule has 1 aromatic heterocycles. The summed E-state index contributed by atoms with van der Waals surface area (Å²) in [5.74, 6) is 0. The number of hydrogen-bond acceptors (Lipinski definition) is 1. The van der Waals surface area contributed by atoms with Gasteiger partial charge in [-0.1, -0.05) is 123 Å². The lowest BCUT2D eigenvalue weighted by atomic mass is 9.82. The van der Waals surface area contributed by atoms with Gasteiger partial charge < -0.3 is 9.47 Å². The minimum Gasteiger partial charge on any atom is -0.335 e. The Labute approximate surface area is 282 Å². The van der Waals surface area contributed by atoms with Crippen molar-refractivity contribution >= 4 is 38.8 Å². The Morgan fingerprint density at radius 3 is 2.23 bits per heavy atom. The lowest BCUT2D eigenvalue weighted by Crippen LogP contribution is -2.28. The van der Waals surface area contributed by atoms with Gasteiger partial charge in [-0.15, -0.1) is 0 Å². The maximum absolute atomic E-state index is 2.53. The molecule has 0 radical (unpaired) electrons. The molecule has 2 heterocycles. The molecule has 2 nitrogen and oxygen atoms in total. The van der Waals surface area contributed by atoms with Crippen LogP contribution in [0.1, 0.15) is 43.0 Å². The number of allylic oxidation sites excluding steroid dienone is 3. The number of nitrogens with zero attached hydrogens (tertiary/aromatic N) is 2. The van der Waals surface area contributed by atoms with Gasteiger partial charge in [0.1, 0.15) is 0 Å². The minimum atomic E-state index is -0.0445. The van der Waals surface area contributed by atoms with E-state index in [0.717, 1.165) is 6.42 Å². The molecule has 1 atom stereocenters. The van der Waals surface area contributed by atoms with Crippen molar-refractivity contribution in [3.05, 3.63) is 180 Å². The van der Waals surface area contributed by atoms with Crippen LogP contribution in [-0.2, 0) is 11.8 Å². The van der Waals surface area contributed by atoms with E-state index < -0.39 is 0 Å². The van der Waals surface area contributed by atoms with E-state index in [1.54, 1.807) is 0 Å². The van der Waals surface area contributed by atoms with Gasteiger partial charge in [-0.3, -0.25) is 0 Å². The standard InChI is InChI=1S/C46H38N2/c1-31-21-22-32(34-25-28-45-40(29-34)39-17-9-12-20-44(39)48(45)35-14-5-4-6-15-35)23-24-33-13-7-11-19-43(33)47(31)36-26-27-38-37-16-8-10-18-41(37)46(2,3)42(38)30-36/h4-23,25-31H,24H2,1-3H3/b22-21-,32-23+. The van der Waals surface area contributed by atoms with Crippen molar-refractivity contribution in [3.63, 3.8) is 0 Å². The van der Waals surface area contributed by atoms with Gasteiger partial charge in [0.2, 0.25) is 0 Å². The monoisotopic (exact) mass is 618 g/mol. The fourth-order valence-electron chi connectivity index (χ4n) is 8.19. The molecule has 0 bridgehead atoms. The number of benzene rings is 6. The van der Waals surface area contributed by atoms with E-state index in [4.69, 9.17) is 0 Å². The number of hydrogen-bond donors (Lipinski definition) is 0. The Morgan fingerprint density at radius 1 is 0.604 bits per heavy atom. The van der Waals surface area contributed by atoms with Crippen LogP contribution in [0.3, 0.4) is 0 Å². The fourth-order valence-corrected chi connectivity index (χ4v) is 8.19. The third-order valence-electron chi connectivity index (χ3n) is 10.6. The van der Waals surface area contributed by atoms with Crippen LogP contribution in [0.5, 0.6) is 0 Å². The molecule has 232 valence electrons. The second-order valence-corrected chi connectivity index (χ2v) is 13.8.